The minimum atomic E-state index is 0.164. The van der Waals surface area contributed by atoms with E-state index in [2.05, 4.69) is 0 Å². The summed E-state index contributed by atoms with van der Waals surface area (Å²) in [7, 11) is 0. The normalized spacial score (nSPS) is 19.4. The molecular weight excluding hydrogens is 200 g/mol. The number of thioether (sulfide) groups is 1. The third-order valence-corrected chi connectivity index (χ3v) is 3.18. The van der Waals surface area contributed by atoms with Gasteiger partial charge in [0, 0.05) is 24.9 Å². The summed E-state index contributed by atoms with van der Waals surface area (Å²) in [6, 6.07) is 0.164. The molecule has 0 aromatic heterocycles. The van der Waals surface area contributed by atoms with Gasteiger partial charge in [-0.3, -0.25) is 4.79 Å². The Bertz CT molecular complexity index is 182. The molecule has 0 aromatic rings. The highest BCUT2D eigenvalue weighted by Crippen LogP contribution is 2.05. The lowest BCUT2D eigenvalue weighted by atomic mass is 10.4. The Morgan fingerprint density at radius 3 is 2.79 bits per heavy atom. The van der Waals surface area contributed by atoms with E-state index in [-0.39, 0.29) is 11.9 Å². The number of hydrogen-bond acceptors (Lipinski definition) is 4. The summed E-state index contributed by atoms with van der Waals surface area (Å²) < 4.78 is 5.17. The molecule has 14 heavy (non-hydrogen) atoms. The lowest BCUT2D eigenvalue weighted by Gasteiger charge is -2.26. The first-order valence-electron chi connectivity index (χ1n) is 4.89. The molecule has 4 nitrogen and oxygen atoms in total. The molecule has 1 saturated heterocycles. The summed E-state index contributed by atoms with van der Waals surface area (Å²) in [6.07, 6.45) is 0. The van der Waals surface area contributed by atoms with Crippen molar-refractivity contribution < 1.29 is 9.53 Å². The molecule has 5 heteroatoms. The van der Waals surface area contributed by atoms with Crippen LogP contribution in [0.15, 0.2) is 0 Å². The molecular formula is C9H18N2O2S. The average Bonchev–Trinajstić information content (AvgIpc) is 2.18. The molecule has 82 valence electrons. The highest BCUT2D eigenvalue weighted by molar-refractivity contribution is 7.99. The number of ether oxygens (including phenoxy) is 1. The zero-order valence-electron chi connectivity index (χ0n) is 8.57. The first-order valence-corrected chi connectivity index (χ1v) is 6.04. The number of hydrogen-bond donors (Lipinski definition) is 1. The fraction of sp³-hybridized carbons (Fsp3) is 0.889. The van der Waals surface area contributed by atoms with Gasteiger partial charge in [-0.1, -0.05) is 0 Å². The van der Waals surface area contributed by atoms with Crippen molar-refractivity contribution in [1.29, 1.82) is 0 Å². The minimum absolute atomic E-state index is 0.164. The molecule has 0 radical (unpaired) electrons. The quantitative estimate of drug-likeness (QED) is 0.717. The van der Waals surface area contributed by atoms with Gasteiger partial charge < -0.3 is 15.4 Å². The van der Waals surface area contributed by atoms with E-state index >= 15 is 0 Å². The number of carbonyl (C=O) groups is 1. The van der Waals surface area contributed by atoms with Gasteiger partial charge in [0.15, 0.2) is 0 Å². The Labute approximate surface area is 89.2 Å². The van der Waals surface area contributed by atoms with Crippen LogP contribution in [0.2, 0.25) is 0 Å². The van der Waals surface area contributed by atoms with E-state index in [9.17, 15) is 4.79 Å². The van der Waals surface area contributed by atoms with Gasteiger partial charge in [0.25, 0.3) is 0 Å². The van der Waals surface area contributed by atoms with E-state index in [1.807, 2.05) is 11.8 Å². The van der Waals surface area contributed by atoms with E-state index in [0.29, 0.717) is 19.0 Å². The number of morpholine rings is 1. The van der Waals surface area contributed by atoms with Crippen molar-refractivity contribution in [2.24, 2.45) is 5.73 Å². The Morgan fingerprint density at radius 1 is 1.57 bits per heavy atom. The number of rotatable bonds is 4. The lowest BCUT2D eigenvalue weighted by molar-refractivity contribution is -0.132. The van der Waals surface area contributed by atoms with Crippen molar-refractivity contribution in [3.8, 4) is 0 Å². The molecule has 1 aliphatic heterocycles. The third-order valence-electron chi connectivity index (χ3n) is 1.97. The molecule has 1 fully saturated rings. The summed E-state index contributed by atoms with van der Waals surface area (Å²) in [5.41, 5.74) is 5.59. The lowest BCUT2D eigenvalue weighted by Crippen LogP contribution is -2.41. The maximum Gasteiger partial charge on any atom is 0.232 e. The average molecular weight is 218 g/mol. The van der Waals surface area contributed by atoms with Gasteiger partial charge in [-0.2, -0.15) is 11.8 Å². The van der Waals surface area contributed by atoms with E-state index in [0.717, 1.165) is 18.8 Å². The summed E-state index contributed by atoms with van der Waals surface area (Å²) in [5, 5.41) is 0. The van der Waals surface area contributed by atoms with Gasteiger partial charge in [-0.15, -0.1) is 0 Å². The second-order valence-corrected chi connectivity index (χ2v) is 4.52. The van der Waals surface area contributed by atoms with Gasteiger partial charge >= 0.3 is 0 Å². The molecule has 1 aliphatic rings. The standard InChI is InChI=1S/C9H18N2O2S/c1-8(10)6-14-7-9(12)11-2-4-13-5-3-11/h8H,2-7,10H2,1H3. The van der Waals surface area contributed by atoms with Crippen LogP contribution in [0.5, 0.6) is 0 Å². The second kappa shape index (κ2) is 6.27. The number of amides is 1. The molecule has 0 aromatic carbocycles. The summed E-state index contributed by atoms with van der Waals surface area (Å²) >= 11 is 1.61. The number of nitrogens with zero attached hydrogens (tertiary/aromatic N) is 1. The highest BCUT2D eigenvalue weighted by Gasteiger charge is 2.16. The van der Waals surface area contributed by atoms with Crippen LogP contribution in [0.25, 0.3) is 0 Å². The van der Waals surface area contributed by atoms with Crippen LogP contribution in [-0.4, -0.2) is 54.7 Å². The van der Waals surface area contributed by atoms with E-state index < -0.39 is 0 Å². The zero-order valence-corrected chi connectivity index (χ0v) is 9.39. The molecule has 1 heterocycles. The van der Waals surface area contributed by atoms with Crippen LogP contribution in [0.3, 0.4) is 0 Å². The Hall–Kier alpha value is -0.260. The largest absolute Gasteiger partial charge is 0.378 e. The van der Waals surface area contributed by atoms with Crippen LogP contribution in [-0.2, 0) is 9.53 Å². The molecule has 0 bridgehead atoms. The molecule has 1 rings (SSSR count). The maximum absolute atomic E-state index is 11.6. The maximum atomic E-state index is 11.6. The number of nitrogens with two attached hydrogens (primary N) is 1. The Balaban J connectivity index is 2.13. The molecule has 1 atom stereocenters. The van der Waals surface area contributed by atoms with Crippen molar-refractivity contribution >= 4 is 17.7 Å². The highest BCUT2D eigenvalue weighted by atomic mass is 32.2. The summed E-state index contributed by atoms with van der Waals surface area (Å²) in [6.45, 7) is 4.76. The molecule has 0 spiro atoms. The van der Waals surface area contributed by atoms with Crippen molar-refractivity contribution in [2.45, 2.75) is 13.0 Å². The smallest absolute Gasteiger partial charge is 0.232 e. The van der Waals surface area contributed by atoms with Crippen molar-refractivity contribution in [1.82, 2.24) is 4.90 Å². The number of carbonyl (C=O) groups excluding carboxylic acids is 1. The fourth-order valence-corrected chi connectivity index (χ4v) is 2.08. The predicted molar refractivity (Wildman–Crippen MR) is 58.4 cm³/mol. The van der Waals surface area contributed by atoms with Crippen LogP contribution in [0, 0.1) is 0 Å². The van der Waals surface area contributed by atoms with Crippen molar-refractivity contribution in [3.05, 3.63) is 0 Å². The first kappa shape index (κ1) is 11.8. The van der Waals surface area contributed by atoms with Gasteiger partial charge in [0.05, 0.1) is 19.0 Å². The van der Waals surface area contributed by atoms with Gasteiger partial charge in [-0.25, -0.2) is 0 Å². The first-order chi connectivity index (χ1) is 6.70. The van der Waals surface area contributed by atoms with Crippen LogP contribution >= 0.6 is 11.8 Å². The predicted octanol–water partition coefficient (Wildman–Crippen LogP) is -0.0744. The van der Waals surface area contributed by atoms with Crippen LogP contribution < -0.4 is 5.73 Å². The monoisotopic (exact) mass is 218 g/mol. The van der Waals surface area contributed by atoms with E-state index in [1.54, 1.807) is 11.8 Å². The van der Waals surface area contributed by atoms with Gasteiger partial charge in [-0.05, 0) is 6.92 Å². The zero-order chi connectivity index (χ0) is 10.4. The Kier molecular flexibility index (Phi) is 5.29. The molecule has 0 saturated carbocycles. The fourth-order valence-electron chi connectivity index (χ4n) is 1.24. The minimum Gasteiger partial charge on any atom is -0.378 e. The van der Waals surface area contributed by atoms with E-state index in [4.69, 9.17) is 10.5 Å². The van der Waals surface area contributed by atoms with Crippen LogP contribution in [0.4, 0.5) is 0 Å². The van der Waals surface area contributed by atoms with Crippen LogP contribution in [0.1, 0.15) is 6.92 Å². The molecule has 1 unspecified atom stereocenters. The van der Waals surface area contributed by atoms with Crippen molar-refractivity contribution in [2.75, 3.05) is 37.8 Å². The van der Waals surface area contributed by atoms with E-state index in [1.165, 1.54) is 0 Å². The SMILES string of the molecule is CC(N)CSCC(=O)N1CCOCC1. The third kappa shape index (κ3) is 4.30. The van der Waals surface area contributed by atoms with Crippen molar-refractivity contribution in [3.63, 3.8) is 0 Å². The Morgan fingerprint density at radius 2 is 2.21 bits per heavy atom. The summed E-state index contributed by atoms with van der Waals surface area (Å²) in [5.74, 6) is 1.59. The molecule has 2 N–H and O–H groups in total. The topological polar surface area (TPSA) is 55.6 Å². The molecule has 1 amide bonds. The molecule has 0 aliphatic carbocycles. The summed E-state index contributed by atoms with van der Waals surface area (Å²) in [4.78, 5) is 13.4. The van der Waals surface area contributed by atoms with Gasteiger partial charge in [0.2, 0.25) is 5.91 Å². The second-order valence-electron chi connectivity index (χ2n) is 3.49. The van der Waals surface area contributed by atoms with Gasteiger partial charge in [0.1, 0.15) is 0 Å².